The molecule has 0 aromatic heterocycles. The van der Waals surface area contributed by atoms with Crippen LogP contribution in [0.2, 0.25) is 0 Å². The van der Waals surface area contributed by atoms with Gasteiger partial charge in [0, 0.05) is 0 Å². The van der Waals surface area contributed by atoms with E-state index in [1.54, 1.807) is 24.3 Å². The maximum atomic E-state index is 11.7. The Morgan fingerprint density at radius 2 is 1.79 bits per heavy atom. The van der Waals surface area contributed by atoms with Gasteiger partial charge in [-0.25, -0.2) is 4.57 Å². The molecule has 0 radical (unpaired) electrons. The zero-order valence-corrected chi connectivity index (χ0v) is 8.48. The van der Waals surface area contributed by atoms with Gasteiger partial charge in [-0.05, 0) is 18.6 Å². The van der Waals surface area contributed by atoms with Crippen molar-refractivity contribution in [3.05, 3.63) is 30.3 Å². The SMILES string of the molecule is O=P1(Oc2ccccc2)OCCCO1. The van der Waals surface area contributed by atoms with Gasteiger partial charge in [-0.2, -0.15) is 0 Å². The second kappa shape index (κ2) is 4.13. The van der Waals surface area contributed by atoms with Gasteiger partial charge in [-0.3, -0.25) is 9.05 Å². The minimum atomic E-state index is -3.34. The Kier molecular flexibility index (Phi) is 2.87. The summed E-state index contributed by atoms with van der Waals surface area (Å²) in [5.41, 5.74) is 0. The maximum Gasteiger partial charge on any atom is 0.530 e. The molecule has 0 spiro atoms. The highest BCUT2D eigenvalue weighted by Gasteiger charge is 2.31. The van der Waals surface area contributed by atoms with E-state index in [2.05, 4.69) is 0 Å². The Labute approximate surface area is 82.4 Å². The van der Waals surface area contributed by atoms with Gasteiger partial charge in [0.05, 0.1) is 13.2 Å². The van der Waals surface area contributed by atoms with Crippen molar-refractivity contribution < 1.29 is 18.1 Å². The van der Waals surface area contributed by atoms with Crippen LogP contribution < -0.4 is 4.52 Å². The quantitative estimate of drug-likeness (QED) is 0.710. The van der Waals surface area contributed by atoms with E-state index in [0.717, 1.165) is 6.42 Å². The van der Waals surface area contributed by atoms with E-state index in [4.69, 9.17) is 13.6 Å². The van der Waals surface area contributed by atoms with Gasteiger partial charge in [-0.1, -0.05) is 18.2 Å². The Balaban J connectivity index is 2.06. The molecule has 1 fully saturated rings. The van der Waals surface area contributed by atoms with Gasteiger partial charge >= 0.3 is 7.82 Å². The lowest BCUT2D eigenvalue weighted by Crippen LogP contribution is -2.11. The van der Waals surface area contributed by atoms with Crippen molar-refractivity contribution in [2.24, 2.45) is 0 Å². The fraction of sp³-hybridized carbons (Fsp3) is 0.333. The predicted molar refractivity (Wildman–Crippen MR) is 51.2 cm³/mol. The second-order valence-corrected chi connectivity index (χ2v) is 4.46. The number of rotatable bonds is 2. The van der Waals surface area contributed by atoms with Crippen LogP contribution in [0.3, 0.4) is 0 Å². The van der Waals surface area contributed by atoms with E-state index < -0.39 is 7.82 Å². The smallest absolute Gasteiger partial charge is 0.404 e. The summed E-state index contributed by atoms with van der Waals surface area (Å²) in [6, 6.07) is 8.87. The van der Waals surface area contributed by atoms with E-state index in [-0.39, 0.29) is 0 Å². The average Bonchev–Trinajstić information content (AvgIpc) is 2.19. The third-order valence-corrected chi connectivity index (χ3v) is 3.18. The molecule has 0 atom stereocenters. The van der Waals surface area contributed by atoms with Crippen molar-refractivity contribution in [3.63, 3.8) is 0 Å². The monoisotopic (exact) mass is 214 g/mol. The zero-order chi connectivity index (χ0) is 9.86. The fourth-order valence-electron chi connectivity index (χ4n) is 1.11. The highest BCUT2D eigenvalue weighted by Crippen LogP contribution is 2.51. The maximum absolute atomic E-state index is 11.7. The van der Waals surface area contributed by atoms with Gasteiger partial charge in [-0.15, -0.1) is 0 Å². The molecule has 5 heteroatoms. The molecule has 0 unspecified atom stereocenters. The molecule has 1 heterocycles. The molecule has 1 aliphatic heterocycles. The van der Waals surface area contributed by atoms with Crippen molar-refractivity contribution in [1.29, 1.82) is 0 Å². The second-order valence-electron chi connectivity index (χ2n) is 2.87. The lowest BCUT2D eigenvalue weighted by Gasteiger charge is -2.21. The highest BCUT2D eigenvalue weighted by molar-refractivity contribution is 7.49. The van der Waals surface area contributed by atoms with Crippen LogP contribution in [0.25, 0.3) is 0 Å². The van der Waals surface area contributed by atoms with E-state index >= 15 is 0 Å². The first-order valence-electron chi connectivity index (χ1n) is 4.42. The van der Waals surface area contributed by atoms with Crippen LogP contribution in [0.1, 0.15) is 6.42 Å². The molecule has 1 saturated heterocycles. The summed E-state index contributed by atoms with van der Waals surface area (Å²) in [7, 11) is -3.34. The first-order valence-corrected chi connectivity index (χ1v) is 5.88. The Bertz CT molecular complexity index is 328. The van der Waals surface area contributed by atoms with Gasteiger partial charge in [0.2, 0.25) is 0 Å². The topological polar surface area (TPSA) is 44.8 Å². The third-order valence-electron chi connectivity index (χ3n) is 1.75. The summed E-state index contributed by atoms with van der Waals surface area (Å²) < 4.78 is 26.9. The standard InChI is InChI=1S/C9H11O4P/c10-14(11-7-4-8-12-14)13-9-5-2-1-3-6-9/h1-3,5-6H,4,7-8H2. The summed E-state index contributed by atoms with van der Waals surface area (Å²) in [6.45, 7) is 0.841. The summed E-state index contributed by atoms with van der Waals surface area (Å²) in [5, 5.41) is 0. The number of benzene rings is 1. The minimum Gasteiger partial charge on any atom is -0.404 e. The van der Waals surface area contributed by atoms with E-state index in [0.29, 0.717) is 19.0 Å². The third kappa shape index (κ3) is 2.35. The number of hydrogen-bond acceptors (Lipinski definition) is 4. The van der Waals surface area contributed by atoms with Crippen LogP contribution in [0.4, 0.5) is 0 Å². The lowest BCUT2D eigenvalue weighted by molar-refractivity contribution is 0.107. The molecule has 0 bridgehead atoms. The van der Waals surface area contributed by atoms with Crippen LogP contribution in [-0.2, 0) is 13.6 Å². The summed E-state index contributed by atoms with van der Waals surface area (Å²) >= 11 is 0. The summed E-state index contributed by atoms with van der Waals surface area (Å²) in [4.78, 5) is 0. The van der Waals surface area contributed by atoms with E-state index in [9.17, 15) is 4.57 Å². The number of phosphoric ester groups is 1. The molecule has 0 N–H and O–H groups in total. The van der Waals surface area contributed by atoms with Crippen LogP contribution in [0.5, 0.6) is 5.75 Å². The summed E-state index contributed by atoms with van der Waals surface area (Å²) in [6.07, 6.45) is 0.752. The molecule has 76 valence electrons. The molecule has 4 nitrogen and oxygen atoms in total. The van der Waals surface area contributed by atoms with Crippen LogP contribution >= 0.6 is 7.82 Å². The van der Waals surface area contributed by atoms with Gasteiger partial charge in [0.1, 0.15) is 5.75 Å². The minimum absolute atomic E-state index is 0.421. The molecule has 0 amide bonds. The van der Waals surface area contributed by atoms with Gasteiger partial charge in [0.15, 0.2) is 0 Å². The van der Waals surface area contributed by atoms with Crippen LogP contribution in [-0.4, -0.2) is 13.2 Å². The predicted octanol–water partition coefficient (Wildman–Crippen LogP) is 2.61. The van der Waals surface area contributed by atoms with Crippen molar-refractivity contribution >= 4 is 7.82 Å². The van der Waals surface area contributed by atoms with Crippen molar-refractivity contribution in [1.82, 2.24) is 0 Å². The first kappa shape index (κ1) is 9.71. The summed E-state index contributed by atoms with van der Waals surface area (Å²) in [5.74, 6) is 0.498. The molecule has 2 rings (SSSR count). The molecule has 0 aliphatic carbocycles. The molecule has 1 aromatic rings. The Morgan fingerprint density at radius 1 is 1.14 bits per heavy atom. The normalized spacial score (nSPS) is 20.3. The molecular weight excluding hydrogens is 203 g/mol. The van der Waals surface area contributed by atoms with E-state index in [1.807, 2.05) is 6.07 Å². The number of phosphoric acid groups is 1. The van der Waals surface area contributed by atoms with Crippen LogP contribution in [0, 0.1) is 0 Å². The van der Waals surface area contributed by atoms with Gasteiger partial charge < -0.3 is 4.52 Å². The van der Waals surface area contributed by atoms with Crippen molar-refractivity contribution in [2.45, 2.75) is 6.42 Å². The van der Waals surface area contributed by atoms with Crippen molar-refractivity contribution in [2.75, 3.05) is 13.2 Å². The number of para-hydroxylation sites is 1. The highest BCUT2D eigenvalue weighted by atomic mass is 31.2. The Morgan fingerprint density at radius 3 is 2.43 bits per heavy atom. The molecule has 14 heavy (non-hydrogen) atoms. The largest absolute Gasteiger partial charge is 0.530 e. The zero-order valence-electron chi connectivity index (χ0n) is 7.59. The van der Waals surface area contributed by atoms with Crippen LogP contribution in [0.15, 0.2) is 30.3 Å². The number of hydrogen-bond donors (Lipinski definition) is 0. The Hall–Kier alpha value is -0.830. The molecule has 1 aliphatic rings. The fourth-order valence-corrected chi connectivity index (χ4v) is 2.38. The first-order chi connectivity index (χ1) is 6.79. The molecule has 0 saturated carbocycles. The van der Waals surface area contributed by atoms with Gasteiger partial charge in [0.25, 0.3) is 0 Å². The average molecular weight is 214 g/mol. The lowest BCUT2D eigenvalue weighted by atomic mass is 10.3. The van der Waals surface area contributed by atoms with E-state index in [1.165, 1.54) is 0 Å². The molecular formula is C9H11O4P. The molecule has 1 aromatic carbocycles. The van der Waals surface area contributed by atoms with Crippen molar-refractivity contribution in [3.8, 4) is 5.75 Å².